The zero-order chi connectivity index (χ0) is 14.0. The monoisotopic (exact) mass is 284 g/mol. The molecule has 1 saturated carbocycles. The normalized spacial score (nSPS) is 16.6. The lowest BCUT2D eigenvalue weighted by molar-refractivity contribution is 0.0697. The number of aromatic carboxylic acids is 1. The van der Waals surface area contributed by atoms with Gasteiger partial charge in [-0.1, -0.05) is 12.8 Å². The van der Waals surface area contributed by atoms with E-state index in [4.69, 9.17) is 10.8 Å². The fourth-order valence-corrected chi connectivity index (χ4v) is 3.67. The maximum Gasteiger partial charge on any atom is 0.335 e. The number of hydrogen-bond acceptors (Lipinski definition) is 4. The van der Waals surface area contributed by atoms with Crippen LogP contribution in [0.25, 0.3) is 0 Å². The molecule has 6 nitrogen and oxygen atoms in total. The molecule has 0 radical (unpaired) electrons. The Morgan fingerprint density at radius 3 is 2.47 bits per heavy atom. The van der Waals surface area contributed by atoms with Gasteiger partial charge in [-0.2, -0.15) is 0 Å². The van der Waals surface area contributed by atoms with Crippen molar-refractivity contribution in [1.82, 2.24) is 4.72 Å². The Kier molecular flexibility index (Phi) is 3.77. The highest BCUT2D eigenvalue weighted by Gasteiger charge is 2.24. The lowest BCUT2D eigenvalue weighted by Gasteiger charge is -2.14. The molecule has 0 unspecified atom stereocenters. The molecule has 1 aromatic rings. The van der Waals surface area contributed by atoms with E-state index >= 15 is 0 Å². The number of carboxylic acid groups (broad SMARTS) is 1. The topological polar surface area (TPSA) is 109 Å². The highest BCUT2D eigenvalue weighted by molar-refractivity contribution is 7.89. The summed E-state index contributed by atoms with van der Waals surface area (Å²) in [4.78, 5) is 10.7. The predicted molar refractivity (Wildman–Crippen MR) is 70.4 cm³/mol. The van der Waals surface area contributed by atoms with Crippen LogP contribution in [0.5, 0.6) is 0 Å². The molecule has 7 heteroatoms. The van der Waals surface area contributed by atoms with Gasteiger partial charge in [0.15, 0.2) is 0 Å². The first-order chi connectivity index (χ1) is 8.90. The minimum atomic E-state index is -3.68. The molecule has 1 fully saturated rings. The molecule has 0 spiro atoms. The Labute approximate surface area is 111 Å². The summed E-state index contributed by atoms with van der Waals surface area (Å²) >= 11 is 0. The van der Waals surface area contributed by atoms with E-state index < -0.39 is 16.0 Å². The fraction of sp³-hybridized carbons (Fsp3) is 0.417. The van der Waals surface area contributed by atoms with Crippen LogP contribution in [0.3, 0.4) is 0 Å². The van der Waals surface area contributed by atoms with Crippen LogP contribution in [0, 0.1) is 0 Å². The number of nitrogens with one attached hydrogen (secondary N) is 1. The average molecular weight is 284 g/mol. The van der Waals surface area contributed by atoms with Crippen molar-refractivity contribution in [1.29, 1.82) is 0 Å². The molecule has 0 bridgehead atoms. The summed E-state index contributed by atoms with van der Waals surface area (Å²) < 4.78 is 26.9. The molecular weight excluding hydrogens is 268 g/mol. The third kappa shape index (κ3) is 3.05. The Bertz CT molecular complexity index is 592. The van der Waals surface area contributed by atoms with Crippen LogP contribution in [0.1, 0.15) is 36.0 Å². The van der Waals surface area contributed by atoms with Crippen molar-refractivity contribution in [3.63, 3.8) is 0 Å². The minimum Gasteiger partial charge on any atom is -0.478 e. The number of hydrogen-bond donors (Lipinski definition) is 3. The average Bonchev–Trinajstić information content (AvgIpc) is 2.80. The van der Waals surface area contributed by atoms with Crippen molar-refractivity contribution in [3.8, 4) is 0 Å². The van der Waals surface area contributed by atoms with Gasteiger partial charge in [0.2, 0.25) is 10.0 Å². The zero-order valence-corrected chi connectivity index (χ0v) is 11.1. The van der Waals surface area contributed by atoms with Gasteiger partial charge in [-0.15, -0.1) is 0 Å². The largest absolute Gasteiger partial charge is 0.478 e. The number of carbonyl (C=O) groups is 1. The first kappa shape index (κ1) is 13.8. The molecule has 4 N–H and O–H groups in total. The molecule has 0 atom stereocenters. The van der Waals surface area contributed by atoms with Crippen molar-refractivity contribution >= 4 is 21.7 Å². The van der Waals surface area contributed by atoms with Gasteiger partial charge >= 0.3 is 5.97 Å². The molecule has 2 rings (SSSR count). The lowest BCUT2D eigenvalue weighted by atomic mass is 10.2. The Morgan fingerprint density at radius 1 is 1.32 bits per heavy atom. The van der Waals surface area contributed by atoms with E-state index in [0.29, 0.717) is 0 Å². The quantitative estimate of drug-likeness (QED) is 0.719. The maximum absolute atomic E-state index is 12.2. The van der Waals surface area contributed by atoms with Gasteiger partial charge in [0.05, 0.1) is 11.3 Å². The second kappa shape index (κ2) is 5.18. The van der Waals surface area contributed by atoms with Gasteiger partial charge in [0, 0.05) is 6.04 Å². The van der Waals surface area contributed by atoms with Gasteiger partial charge in [-0.05, 0) is 31.0 Å². The van der Waals surface area contributed by atoms with Gasteiger partial charge in [0.1, 0.15) is 4.90 Å². The number of anilines is 1. The van der Waals surface area contributed by atoms with Gasteiger partial charge in [-0.25, -0.2) is 17.9 Å². The van der Waals surface area contributed by atoms with Gasteiger partial charge in [0.25, 0.3) is 0 Å². The summed E-state index contributed by atoms with van der Waals surface area (Å²) in [5.41, 5.74) is 5.56. The van der Waals surface area contributed by atoms with Gasteiger partial charge in [-0.3, -0.25) is 0 Å². The smallest absolute Gasteiger partial charge is 0.335 e. The van der Waals surface area contributed by atoms with Crippen LogP contribution in [-0.4, -0.2) is 25.5 Å². The number of nitrogens with two attached hydrogens (primary N) is 1. The van der Waals surface area contributed by atoms with E-state index in [2.05, 4.69) is 4.72 Å². The molecule has 1 aliphatic rings. The van der Waals surface area contributed by atoms with E-state index in [1.54, 1.807) is 0 Å². The van der Waals surface area contributed by atoms with Crippen LogP contribution in [0.4, 0.5) is 5.69 Å². The number of sulfonamides is 1. The second-order valence-corrected chi connectivity index (χ2v) is 6.34. The fourth-order valence-electron chi connectivity index (χ4n) is 2.25. The van der Waals surface area contributed by atoms with Crippen LogP contribution < -0.4 is 10.5 Å². The van der Waals surface area contributed by atoms with Crippen molar-refractivity contribution in [2.75, 3.05) is 5.73 Å². The second-order valence-electron chi connectivity index (χ2n) is 4.66. The Hall–Kier alpha value is -1.60. The van der Waals surface area contributed by atoms with Crippen LogP contribution in [0.2, 0.25) is 0 Å². The molecule has 19 heavy (non-hydrogen) atoms. The molecular formula is C12H16N2O4S. The Morgan fingerprint density at radius 2 is 1.95 bits per heavy atom. The molecule has 0 aliphatic heterocycles. The Balaban J connectivity index is 2.27. The summed E-state index contributed by atoms with van der Waals surface area (Å²) in [7, 11) is -3.68. The molecule has 1 aliphatic carbocycles. The molecule has 0 heterocycles. The number of rotatable bonds is 4. The van der Waals surface area contributed by atoms with Crippen molar-refractivity contribution in [2.24, 2.45) is 0 Å². The van der Waals surface area contributed by atoms with Crippen molar-refractivity contribution in [3.05, 3.63) is 23.8 Å². The molecule has 0 amide bonds. The number of carboxylic acids is 1. The maximum atomic E-state index is 12.2. The van der Waals surface area contributed by atoms with E-state index in [9.17, 15) is 13.2 Å². The van der Waals surface area contributed by atoms with Crippen LogP contribution in [0.15, 0.2) is 23.1 Å². The summed E-state index contributed by atoms with van der Waals surface area (Å²) in [5.74, 6) is -1.14. The standard InChI is InChI=1S/C12H16N2O4S/c13-10-7-8(12(15)16)5-6-11(10)19(17,18)14-9-3-1-2-4-9/h5-7,9,14H,1-4,13H2,(H,15,16). The van der Waals surface area contributed by atoms with Crippen LogP contribution >= 0.6 is 0 Å². The van der Waals surface area contributed by atoms with E-state index in [-0.39, 0.29) is 22.2 Å². The van der Waals surface area contributed by atoms with Gasteiger partial charge < -0.3 is 10.8 Å². The summed E-state index contributed by atoms with van der Waals surface area (Å²) in [6.07, 6.45) is 3.68. The number of benzene rings is 1. The van der Waals surface area contributed by atoms with E-state index in [0.717, 1.165) is 31.7 Å². The molecule has 1 aromatic carbocycles. The molecule has 0 saturated heterocycles. The SMILES string of the molecule is Nc1cc(C(=O)O)ccc1S(=O)(=O)NC1CCCC1. The third-order valence-electron chi connectivity index (χ3n) is 3.22. The first-order valence-electron chi connectivity index (χ1n) is 6.05. The minimum absolute atomic E-state index is 0.0303. The summed E-state index contributed by atoms with van der Waals surface area (Å²) in [5, 5.41) is 8.81. The first-order valence-corrected chi connectivity index (χ1v) is 7.53. The lowest BCUT2D eigenvalue weighted by Crippen LogP contribution is -2.33. The van der Waals surface area contributed by atoms with Crippen molar-refractivity contribution in [2.45, 2.75) is 36.6 Å². The van der Waals surface area contributed by atoms with E-state index in [1.165, 1.54) is 12.1 Å². The zero-order valence-electron chi connectivity index (χ0n) is 10.3. The van der Waals surface area contributed by atoms with E-state index in [1.807, 2.05) is 0 Å². The highest BCUT2D eigenvalue weighted by atomic mass is 32.2. The molecule has 104 valence electrons. The summed E-state index contributed by atoms with van der Waals surface area (Å²) in [6.45, 7) is 0. The highest BCUT2D eigenvalue weighted by Crippen LogP contribution is 2.23. The van der Waals surface area contributed by atoms with Crippen molar-refractivity contribution < 1.29 is 18.3 Å². The van der Waals surface area contributed by atoms with Crippen LogP contribution in [-0.2, 0) is 10.0 Å². The number of nitrogen functional groups attached to an aromatic ring is 1. The third-order valence-corrected chi connectivity index (χ3v) is 4.82. The predicted octanol–water partition coefficient (Wildman–Crippen LogP) is 1.19. The molecule has 0 aromatic heterocycles. The summed E-state index contributed by atoms with van der Waals surface area (Å²) in [6, 6.07) is 3.58.